The molecule has 130 valence electrons. The number of piperidine rings is 1. The first-order valence-electron chi connectivity index (χ1n) is 8.42. The molecule has 2 aromatic heterocycles. The molecule has 4 rings (SSSR count). The first-order valence-corrected chi connectivity index (χ1v) is 8.42. The van der Waals surface area contributed by atoms with E-state index in [1.165, 1.54) is 0 Å². The van der Waals surface area contributed by atoms with Crippen LogP contribution in [0.5, 0.6) is 0 Å². The number of halogens is 2. The van der Waals surface area contributed by atoms with Gasteiger partial charge in [-0.25, -0.2) is 13.8 Å². The van der Waals surface area contributed by atoms with Gasteiger partial charge in [-0.1, -0.05) is 18.2 Å². The second kappa shape index (κ2) is 6.11. The van der Waals surface area contributed by atoms with E-state index in [0.29, 0.717) is 25.2 Å². The van der Waals surface area contributed by atoms with Crippen molar-refractivity contribution in [3.05, 3.63) is 48.3 Å². The number of anilines is 1. The lowest BCUT2D eigenvalue weighted by Gasteiger charge is -2.32. The van der Waals surface area contributed by atoms with Crippen LogP contribution in [0, 0.1) is 0 Å². The third kappa shape index (κ3) is 3.35. The van der Waals surface area contributed by atoms with Gasteiger partial charge in [0.1, 0.15) is 5.65 Å². The van der Waals surface area contributed by atoms with E-state index in [4.69, 9.17) is 5.73 Å². The second-order valence-corrected chi connectivity index (χ2v) is 6.73. The van der Waals surface area contributed by atoms with Gasteiger partial charge in [-0.05, 0) is 36.2 Å². The summed E-state index contributed by atoms with van der Waals surface area (Å²) >= 11 is 0. The third-order valence-corrected chi connectivity index (χ3v) is 4.70. The molecule has 0 atom stereocenters. The van der Waals surface area contributed by atoms with E-state index in [1.54, 1.807) is 12.4 Å². The van der Waals surface area contributed by atoms with Crippen LogP contribution in [0.15, 0.2) is 42.7 Å². The molecule has 6 heteroatoms. The Morgan fingerprint density at radius 2 is 2.12 bits per heavy atom. The highest BCUT2D eigenvalue weighted by Gasteiger charge is 2.34. The zero-order valence-electron chi connectivity index (χ0n) is 13.8. The molecule has 1 aromatic carbocycles. The minimum atomic E-state index is -2.57. The van der Waals surface area contributed by atoms with Gasteiger partial charge in [0, 0.05) is 36.3 Å². The normalized spacial score (nSPS) is 17.8. The Bertz CT molecular complexity index is 903. The Hall–Kier alpha value is -2.47. The molecule has 3 N–H and O–H groups in total. The first kappa shape index (κ1) is 16.0. The number of nitrogens with one attached hydrogen (secondary N) is 1. The smallest absolute Gasteiger partial charge is 0.260 e. The van der Waals surface area contributed by atoms with E-state index in [2.05, 4.69) is 9.97 Å². The fraction of sp³-hybridized carbons (Fsp3) is 0.316. The maximum absolute atomic E-state index is 13.6. The van der Waals surface area contributed by atoms with Crippen molar-refractivity contribution in [3.8, 4) is 11.1 Å². The molecule has 0 radical (unpaired) electrons. The fourth-order valence-corrected chi connectivity index (χ4v) is 3.47. The van der Waals surface area contributed by atoms with Gasteiger partial charge in [0.2, 0.25) is 0 Å². The topological polar surface area (TPSA) is 57.9 Å². The molecule has 0 saturated carbocycles. The van der Waals surface area contributed by atoms with E-state index in [9.17, 15) is 8.78 Å². The molecule has 1 aliphatic rings. The van der Waals surface area contributed by atoms with Gasteiger partial charge in [0.05, 0.1) is 12.2 Å². The maximum Gasteiger partial charge on any atom is 0.260 e. The summed E-state index contributed by atoms with van der Waals surface area (Å²) in [4.78, 5) is 9.25. The number of nitrogen functional groups attached to an aromatic ring is 1. The van der Waals surface area contributed by atoms with Gasteiger partial charge in [-0.3, -0.25) is 4.90 Å². The lowest BCUT2D eigenvalue weighted by atomic mass is 10.0. The van der Waals surface area contributed by atoms with E-state index < -0.39 is 5.92 Å². The number of hydrogen-bond acceptors (Lipinski definition) is 3. The van der Waals surface area contributed by atoms with Gasteiger partial charge < -0.3 is 10.7 Å². The summed E-state index contributed by atoms with van der Waals surface area (Å²) in [5, 5.41) is 0.888. The highest BCUT2D eigenvalue weighted by molar-refractivity contribution is 5.91. The van der Waals surface area contributed by atoms with Gasteiger partial charge in [0.15, 0.2) is 0 Å². The molecule has 0 unspecified atom stereocenters. The molecular formula is C19H20F2N4. The summed E-state index contributed by atoms with van der Waals surface area (Å²) < 4.78 is 27.2. The second-order valence-electron chi connectivity index (χ2n) is 6.73. The molecule has 25 heavy (non-hydrogen) atoms. The number of pyridine rings is 1. The van der Waals surface area contributed by atoms with Gasteiger partial charge >= 0.3 is 0 Å². The Balaban J connectivity index is 1.59. The molecule has 0 spiro atoms. The zero-order valence-corrected chi connectivity index (χ0v) is 13.8. The minimum absolute atomic E-state index is 0.00664. The number of H-pyrrole nitrogens is 1. The molecule has 3 aromatic rings. The van der Waals surface area contributed by atoms with Crippen LogP contribution in [0.3, 0.4) is 0 Å². The van der Waals surface area contributed by atoms with Crippen LogP contribution >= 0.6 is 0 Å². The molecule has 1 aliphatic heterocycles. The third-order valence-electron chi connectivity index (χ3n) is 4.70. The predicted octanol–water partition coefficient (Wildman–Crippen LogP) is 4.04. The SMILES string of the molecule is Nc1c[nH]c2ncc(-c3cccc(CN4CCCC(F)(F)C4)c3)cc12. The molecule has 4 nitrogen and oxygen atoms in total. The number of fused-ring (bicyclic) bond motifs is 1. The number of nitrogens with two attached hydrogens (primary N) is 1. The number of aromatic amines is 1. The fourth-order valence-electron chi connectivity index (χ4n) is 3.47. The molecule has 1 saturated heterocycles. The summed E-state index contributed by atoms with van der Waals surface area (Å²) in [5.74, 6) is -2.57. The van der Waals surface area contributed by atoms with Crippen molar-refractivity contribution in [2.45, 2.75) is 25.3 Å². The maximum atomic E-state index is 13.6. The molecule has 0 bridgehead atoms. The largest absolute Gasteiger partial charge is 0.397 e. The molecule has 0 aliphatic carbocycles. The van der Waals surface area contributed by atoms with Crippen LogP contribution in [-0.4, -0.2) is 33.9 Å². The van der Waals surface area contributed by atoms with Crippen LogP contribution in [-0.2, 0) is 6.54 Å². The standard InChI is InChI=1S/C19H20F2N4/c20-19(21)5-2-6-25(12-19)11-13-3-1-4-14(7-13)15-8-16-17(22)10-24-18(16)23-9-15/h1,3-4,7-10H,2,5-6,11-12,22H2,(H,23,24). The molecular weight excluding hydrogens is 322 g/mol. The van der Waals surface area contributed by atoms with Crippen molar-refractivity contribution in [2.75, 3.05) is 18.8 Å². The number of alkyl halides is 2. The van der Waals surface area contributed by atoms with Crippen molar-refractivity contribution in [1.82, 2.24) is 14.9 Å². The van der Waals surface area contributed by atoms with E-state index in [-0.39, 0.29) is 13.0 Å². The van der Waals surface area contributed by atoms with Crippen LogP contribution in [0.4, 0.5) is 14.5 Å². The van der Waals surface area contributed by atoms with E-state index in [0.717, 1.165) is 27.7 Å². The van der Waals surface area contributed by atoms with Crippen molar-refractivity contribution in [2.24, 2.45) is 0 Å². The van der Waals surface area contributed by atoms with Gasteiger partial charge in [0.25, 0.3) is 5.92 Å². The zero-order chi connectivity index (χ0) is 17.4. The Morgan fingerprint density at radius 1 is 1.24 bits per heavy atom. The average Bonchev–Trinajstić information content (AvgIpc) is 2.95. The van der Waals surface area contributed by atoms with Crippen molar-refractivity contribution < 1.29 is 8.78 Å². The number of benzene rings is 1. The minimum Gasteiger partial charge on any atom is -0.397 e. The summed E-state index contributed by atoms with van der Waals surface area (Å²) in [5.41, 5.74) is 10.4. The van der Waals surface area contributed by atoms with Gasteiger partial charge in [-0.15, -0.1) is 0 Å². The lowest BCUT2D eigenvalue weighted by molar-refractivity contribution is -0.0661. The summed E-state index contributed by atoms with van der Waals surface area (Å²) in [7, 11) is 0. The Kier molecular flexibility index (Phi) is 3.92. The molecule has 1 fully saturated rings. The summed E-state index contributed by atoms with van der Waals surface area (Å²) in [6.45, 7) is 1.09. The average molecular weight is 342 g/mol. The predicted molar refractivity (Wildman–Crippen MR) is 95.4 cm³/mol. The van der Waals surface area contributed by atoms with Crippen LogP contribution in [0.1, 0.15) is 18.4 Å². The number of aromatic nitrogens is 2. The van der Waals surface area contributed by atoms with Crippen molar-refractivity contribution in [1.29, 1.82) is 0 Å². The van der Waals surface area contributed by atoms with Crippen LogP contribution in [0.2, 0.25) is 0 Å². The Labute approximate surface area is 144 Å². The number of likely N-dealkylation sites (tertiary alicyclic amines) is 1. The highest BCUT2D eigenvalue weighted by atomic mass is 19.3. The van der Waals surface area contributed by atoms with Crippen LogP contribution in [0.25, 0.3) is 22.2 Å². The number of hydrogen-bond donors (Lipinski definition) is 2. The van der Waals surface area contributed by atoms with Gasteiger partial charge in [-0.2, -0.15) is 0 Å². The number of nitrogens with zero attached hydrogens (tertiary/aromatic N) is 2. The number of rotatable bonds is 3. The molecule has 3 heterocycles. The molecule has 0 amide bonds. The first-order chi connectivity index (χ1) is 12.0. The highest BCUT2D eigenvalue weighted by Crippen LogP contribution is 2.29. The van der Waals surface area contributed by atoms with Crippen LogP contribution < -0.4 is 5.73 Å². The van der Waals surface area contributed by atoms with E-state index >= 15 is 0 Å². The van der Waals surface area contributed by atoms with Crippen molar-refractivity contribution in [3.63, 3.8) is 0 Å². The summed E-state index contributed by atoms with van der Waals surface area (Å²) in [6, 6.07) is 9.98. The Morgan fingerprint density at radius 3 is 2.96 bits per heavy atom. The van der Waals surface area contributed by atoms with Crippen molar-refractivity contribution >= 4 is 16.7 Å². The lowest BCUT2D eigenvalue weighted by Crippen LogP contribution is -2.41. The summed E-state index contributed by atoms with van der Waals surface area (Å²) in [6.07, 6.45) is 4.06. The quantitative estimate of drug-likeness (QED) is 0.755. The van der Waals surface area contributed by atoms with E-state index in [1.807, 2.05) is 35.2 Å². The monoisotopic (exact) mass is 342 g/mol.